The molecule has 0 unspecified atom stereocenters. The number of aliphatic imine (C=N–C) groups is 2. The van der Waals surface area contributed by atoms with E-state index in [0.29, 0.717) is 11.1 Å². The van der Waals surface area contributed by atoms with Gasteiger partial charge >= 0.3 is 16.8 Å². The maximum Gasteiger partial charge on any atom is 3.00 e. The van der Waals surface area contributed by atoms with Crippen LogP contribution in [0.1, 0.15) is 155 Å². The van der Waals surface area contributed by atoms with Gasteiger partial charge in [-0.05, 0) is 87.3 Å². The number of aliphatic carboxylic acids is 1. The Morgan fingerprint density at radius 2 is 1.04 bits per heavy atom. The minimum absolute atomic E-state index is 0. The summed E-state index contributed by atoms with van der Waals surface area (Å²) in [6, 6.07) is 7.77. The first kappa shape index (κ1) is 42.5. The van der Waals surface area contributed by atoms with E-state index in [4.69, 9.17) is 9.98 Å². The minimum atomic E-state index is -0.970. The van der Waals surface area contributed by atoms with Crippen molar-refractivity contribution in [2.24, 2.45) is 9.98 Å². The topological polar surface area (TPSA) is 123 Å². The summed E-state index contributed by atoms with van der Waals surface area (Å²) < 4.78 is 0. The van der Waals surface area contributed by atoms with Crippen molar-refractivity contribution in [3.8, 4) is 11.5 Å². The third kappa shape index (κ3) is 11.7. The van der Waals surface area contributed by atoms with Crippen molar-refractivity contribution in [2.45, 2.75) is 161 Å². The Balaban J connectivity index is 0.000000810. The van der Waals surface area contributed by atoms with Gasteiger partial charge in [0.2, 0.25) is 0 Å². The molecule has 8 heteroatoms. The van der Waals surface area contributed by atoms with Crippen molar-refractivity contribution in [1.29, 1.82) is 0 Å². The summed E-state index contributed by atoms with van der Waals surface area (Å²) in [6.07, 6.45) is 9.31. The Morgan fingerprint density at radius 1 is 0.653 bits per heavy atom. The van der Waals surface area contributed by atoms with Crippen LogP contribution in [0, 0.1) is 0 Å². The second-order valence-corrected chi connectivity index (χ2v) is 17.8. The summed E-state index contributed by atoms with van der Waals surface area (Å²) in [6.45, 7) is 26.4. The van der Waals surface area contributed by atoms with Crippen LogP contribution in [0.2, 0.25) is 0 Å². The van der Waals surface area contributed by atoms with Gasteiger partial charge in [-0.1, -0.05) is 132 Å². The van der Waals surface area contributed by atoms with Gasteiger partial charge in [-0.3, -0.25) is 9.98 Å². The van der Waals surface area contributed by atoms with E-state index in [2.05, 4.69) is 101 Å². The van der Waals surface area contributed by atoms with Gasteiger partial charge in [0, 0.05) is 18.5 Å². The van der Waals surface area contributed by atoms with Crippen LogP contribution >= 0.6 is 0 Å². The van der Waals surface area contributed by atoms with E-state index in [1.54, 1.807) is 12.4 Å². The van der Waals surface area contributed by atoms with Crippen molar-refractivity contribution in [1.82, 2.24) is 5.32 Å². The first-order chi connectivity index (χ1) is 22.0. The first-order valence-corrected chi connectivity index (χ1v) is 17.7. The Hall–Kier alpha value is -2.68. The predicted molar refractivity (Wildman–Crippen MR) is 194 cm³/mol. The molecular formula is C41H60CoN3O4. The molecule has 0 aromatic heterocycles. The molecule has 1 aliphatic carbocycles. The number of carboxylic acid groups (broad SMARTS) is 1. The molecule has 0 spiro atoms. The number of carbonyl (C=O) groups excluding carboxylic acids is 1. The zero-order valence-corrected chi connectivity index (χ0v) is 33.0. The van der Waals surface area contributed by atoms with Crippen LogP contribution in [-0.2, 0) is 43.2 Å². The van der Waals surface area contributed by atoms with E-state index in [0.717, 1.165) is 67.3 Å². The average Bonchev–Trinajstić information content (AvgIpc) is 3.50. The average molecular weight is 718 g/mol. The maximum atomic E-state index is 13.5. The fourth-order valence-electron chi connectivity index (χ4n) is 6.15. The second kappa shape index (κ2) is 16.6. The van der Waals surface area contributed by atoms with Gasteiger partial charge in [0.1, 0.15) is 0 Å². The zero-order chi connectivity index (χ0) is 36.2. The molecule has 49 heavy (non-hydrogen) atoms. The minimum Gasteiger partial charge on any atom is -0.872 e. The van der Waals surface area contributed by atoms with Gasteiger partial charge in [-0.2, -0.15) is 0 Å². The predicted octanol–water partition coefficient (Wildman–Crippen LogP) is 6.36. The molecule has 1 heterocycles. The fraction of sp³-hybridized carbons (Fsp3) is 0.634. The molecule has 1 N–H and O–H groups in total. The standard InChI is InChI=1S/C36H54N2O2.C5H9NO2.Co/c1-33(2,3)25-17-23(31(39)27(19-25)35(7,8)9)21-37-29-15-13-14-16-30(29)38-22-24-18-26(34(4,5)6)20-28(32(24)40)36(10,11)12;7-5(8)4-2-1-3-6-4;/h17-22,29-30,39-40H,13-16H2,1-12H3;4,6H,1-3H2,(H,7,8);/q;;+3/p-3/t29-,30-;4-;/m11./s1. The molecule has 272 valence electrons. The molecular weight excluding hydrogens is 657 g/mol. The van der Waals surface area contributed by atoms with Crippen molar-refractivity contribution < 1.29 is 36.9 Å². The molecule has 1 aliphatic heterocycles. The second-order valence-electron chi connectivity index (χ2n) is 17.8. The molecule has 0 amide bonds. The molecule has 2 fully saturated rings. The number of nitrogens with zero attached hydrogens (tertiary/aromatic N) is 2. The Bertz CT molecular complexity index is 1380. The summed E-state index contributed by atoms with van der Waals surface area (Å²) in [4.78, 5) is 20.0. The third-order valence-electron chi connectivity index (χ3n) is 9.43. The Kier molecular flexibility index (Phi) is 14.4. The molecule has 2 aromatic rings. The van der Waals surface area contributed by atoms with Crippen LogP contribution < -0.4 is 20.6 Å². The van der Waals surface area contributed by atoms with Crippen LogP contribution in [0.15, 0.2) is 34.3 Å². The number of hydrogen-bond acceptors (Lipinski definition) is 7. The number of benzene rings is 2. The van der Waals surface area contributed by atoms with E-state index in [-0.39, 0.29) is 68.1 Å². The molecule has 1 saturated carbocycles. The molecule has 2 aliphatic rings. The molecule has 4 rings (SSSR count). The quantitative estimate of drug-likeness (QED) is 0.361. The molecule has 0 radical (unpaired) electrons. The fourth-order valence-corrected chi connectivity index (χ4v) is 6.15. The maximum absolute atomic E-state index is 13.5. The van der Waals surface area contributed by atoms with Gasteiger partial charge in [0.25, 0.3) is 0 Å². The number of hydrogen-bond donors (Lipinski definition) is 1. The molecule has 0 bridgehead atoms. The summed E-state index contributed by atoms with van der Waals surface area (Å²) in [7, 11) is 0. The number of carboxylic acids is 1. The largest absolute Gasteiger partial charge is 3.00 e. The van der Waals surface area contributed by atoms with E-state index < -0.39 is 5.97 Å². The molecule has 3 atom stereocenters. The monoisotopic (exact) mass is 717 g/mol. The third-order valence-corrected chi connectivity index (χ3v) is 9.43. The Morgan fingerprint density at radius 3 is 1.31 bits per heavy atom. The van der Waals surface area contributed by atoms with Crippen LogP contribution in [0.25, 0.3) is 0 Å². The normalized spacial score (nSPS) is 20.6. The van der Waals surface area contributed by atoms with Crippen molar-refractivity contribution in [3.63, 3.8) is 0 Å². The van der Waals surface area contributed by atoms with E-state index in [9.17, 15) is 20.1 Å². The molecule has 1 saturated heterocycles. The summed E-state index contributed by atoms with van der Waals surface area (Å²) in [5.74, 6) is -0.850. The van der Waals surface area contributed by atoms with Gasteiger partial charge in [-0.15, -0.1) is 0 Å². The zero-order valence-electron chi connectivity index (χ0n) is 32.0. The number of carbonyl (C=O) groups is 1. The molecule has 2 aromatic carbocycles. The summed E-state index contributed by atoms with van der Waals surface area (Å²) >= 11 is 0. The number of nitrogens with one attached hydrogen (secondary N) is 1. The van der Waals surface area contributed by atoms with Gasteiger partial charge in [0.05, 0.1) is 18.1 Å². The van der Waals surface area contributed by atoms with Gasteiger partial charge < -0.3 is 25.4 Å². The van der Waals surface area contributed by atoms with Crippen LogP contribution in [0.5, 0.6) is 11.5 Å². The SMILES string of the molecule is CC(C)(C)c1cc(C=N[C@@H]2CCCC[C@H]2N=Cc2cc(C(C)(C)C)cc(C(C)(C)C)c2[O-])c([O-])c(C(C)(C)C)c1.O=C([O-])[C@H]1CCCN1.[Co+3]. The number of rotatable bonds is 5. The molecule has 7 nitrogen and oxygen atoms in total. The van der Waals surface area contributed by atoms with E-state index in [1.165, 1.54) is 0 Å². The van der Waals surface area contributed by atoms with Crippen LogP contribution in [0.3, 0.4) is 0 Å². The Labute approximate surface area is 306 Å². The van der Waals surface area contributed by atoms with Crippen molar-refractivity contribution in [2.75, 3.05) is 6.54 Å². The van der Waals surface area contributed by atoms with Gasteiger partial charge in [0.15, 0.2) is 0 Å². The van der Waals surface area contributed by atoms with Crippen LogP contribution in [0.4, 0.5) is 0 Å². The van der Waals surface area contributed by atoms with E-state index in [1.807, 2.05) is 12.1 Å². The van der Waals surface area contributed by atoms with E-state index >= 15 is 0 Å². The summed E-state index contributed by atoms with van der Waals surface area (Å²) in [5, 5.41) is 39.8. The summed E-state index contributed by atoms with van der Waals surface area (Å²) in [5.41, 5.74) is 4.62. The van der Waals surface area contributed by atoms with Crippen molar-refractivity contribution in [3.05, 3.63) is 57.6 Å². The van der Waals surface area contributed by atoms with Gasteiger partial charge in [-0.25, -0.2) is 0 Å². The first-order valence-electron chi connectivity index (χ1n) is 17.7. The smallest absolute Gasteiger partial charge is 0.872 e. The van der Waals surface area contributed by atoms with Crippen molar-refractivity contribution >= 4 is 18.4 Å². The van der Waals surface area contributed by atoms with Crippen LogP contribution in [-0.4, -0.2) is 43.1 Å².